The molecule has 3 nitrogen and oxygen atoms in total. The second-order valence-electron chi connectivity index (χ2n) is 14.8. The van der Waals surface area contributed by atoms with Crippen LogP contribution in [-0.2, 0) is 0 Å². The smallest absolute Gasteiger partial charge is 0.143 e. The van der Waals surface area contributed by atoms with Gasteiger partial charge in [-0.25, -0.2) is 0 Å². The van der Waals surface area contributed by atoms with Crippen molar-refractivity contribution in [2.75, 3.05) is 4.90 Å². The lowest BCUT2D eigenvalue weighted by atomic mass is 10.00. The van der Waals surface area contributed by atoms with Crippen LogP contribution in [0.3, 0.4) is 0 Å². The molecule has 4 heteroatoms. The van der Waals surface area contributed by atoms with E-state index >= 15 is 0 Å². The Morgan fingerprint density at radius 3 is 1.62 bits per heavy atom. The van der Waals surface area contributed by atoms with Crippen LogP contribution in [0.1, 0.15) is 0 Å². The molecule has 0 saturated heterocycles. The third-order valence-corrected chi connectivity index (χ3v) is 12.7. The summed E-state index contributed by atoms with van der Waals surface area (Å²) in [4.78, 5) is 2.36. The van der Waals surface area contributed by atoms with Crippen LogP contribution in [0.5, 0.6) is 0 Å². The molecule has 272 valence electrons. The van der Waals surface area contributed by atoms with Crippen molar-refractivity contribution >= 4 is 92.4 Å². The van der Waals surface area contributed by atoms with Crippen molar-refractivity contribution in [3.63, 3.8) is 0 Å². The third kappa shape index (κ3) is 5.12. The molecule has 0 aliphatic heterocycles. The molecule has 0 aliphatic rings. The SMILES string of the molecule is c1ccc(-c2cccc3c2oc2cccc(N(c4ccc(-c5cccc6c5oc5ccccc56)cc4)c4ccc(-c5cccc6c5sc5ccccc56)cc4)c23)cc1. The first-order valence-corrected chi connectivity index (χ1v) is 20.4. The molecule has 3 aromatic heterocycles. The summed E-state index contributed by atoms with van der Waals surface area (Å²) in [5.41, 5.74) is 13.5. The summed E-state index contributed by atoms with van der Waals surface area (Å²) in [6.07, 6.45) is 0. The highest BCUT2D eigenvalue weighted by Gasteiger charge is 2.22. The van der Waals surface area contributed by atoms with Gasteiger partial charge in [0.1, 0.15) is 22.3 Å². The van der Waals surface area contributed by atoms with Crippen LogP contribution in [0.2, 0.25) is 0 Å². The van der Waals surface area contributed by atoms with Crippen molar-refractivity contribution in [2.24, 2.45) is 0 Å². The molecule has 0 N–H and O–H groups in total. The van der Waals surface area contributed by atoms with Crippen molar-refractivity contribution < 1.29 is 8.83 Å². The quantitative estimate of drug-likeness (QED) is 0.169. The van der Waals surface area contributed by atoms with Gasteiger partial charge in [-0.2, -0.15) is 0 Å². The average molecular weight is 760 g/mol. The Morgan fingerprint density at radius 2 is 0.862 bits per heavy atom. The lowest BCUT2D eigenvalue weighted by Gasteiger charge is -2.26. The van der Waals surface area contributed by atoms with Gasteiger partial charge in [-0.05, 0) is 70.8 Å². The number of benzene rings is 9. The zero-order valence-corrected chi connectivity index (χ0v) is 32.0. The number of hydrogen-bond acceptors (Lipinski definition) is 4. The van der Waals surface area contributed by atoms with Crippen LogP contribution in [0.4, 0.5) is 17.1 Å². The second kappa shape index (κ2) is 13.1. The number of anilines is 3. The molecule has 58 heavy (non-hydrogen) atoms. The third-order valence-electron chi connectivity index (χ3n) is 11.5. The van der Waals surface area contributed by atoms with E-state index in [1.54, 1.807) is 0 Å². The van der Waals surface area contributed by atoms with E-state index in [2.05, 4.69) is 193 Å². The first-order chi connectivity index (χ1) is 28.8. The first kappa shape index (κ1) is 32.8. The van der Waals surface area contributed by atoms with E-state index in [1.165, 1.54) is 31.3 Å². The Morgan fingerprint density at radius 1 is 0.345 bits per heavy atom. The van der Waals surface area contributed by atoms with E-state index in [-0.39, 0.29) is 0 Å². The molecule has 12 aromatic rings. The average Bonchev–Trinajstić information content (AvgIpc) is 3.99. The Labute approximate surface area is 338 Å². The largest absolute Gasteiger partial charge is 0.455 e. The minimum atomic E-state index is 0.849. The van der Waals surface area contributed by atoms with Gasteiger partial charge in [-0.1, -0.05) is 152 Å². The molecular formula is C54H33NO2S. The summed E-state index contributed by atoms with van der Waals surface area (Å²) in [6.45, 7) is 0. The maximum Gasteiger partial charge on any atom is 0.143 e. The molecule has 0 amide bonds. The van der Waals surface area contributed by atoms with Gasteiger partial charge in [-0.15, -0.1) is 11.3 Å². The van der Waals surface area contributed by atoms with Crippen molar-refractivity contribution in [3.8, 4) is 33.4 Å². The number of para-hydroxylation sites is 3. The van der Waals surface area contributed by atoms with Gasteiger partial charge in [0.25, 0.3) is 0 Å². The van der Waals surface area contributed by atoms with Gasteiger partial charge < -0.3 is 13.7 Å². The molecule has 0 saturated carbocycles. The van der Waals surface area contributed by atoms with Gasteiger partial charge >= 0.3 is 0 Å². The van der Waals surface area contributed by atoms with Gasteiger partial charge in [0, 0.05) is 58.8 Å². The van der Waals surface area contributed by atoms with Crippen molar-refractivity contribution in [1.29, 1.82) is 0 Å². The minimum absolute atomic E-state index is 0.849. The predicted octanol–water partition coefficient (Wildman–Crippen LogP) is 16.3. The van der Waals surface area contributed by atoms with Crippen LogP contribution in [-0.4, -0.2) is 0 Å². The first-order valence-electron chi connectivity index (χ1n) is 19.6. The van der Waals surface area contributed by atoms with E-state index in [0.717, 1.165) is 83.2 Å². The van der Waals surface area contributed by atoms with Gasteiger partial charge in [0.15, 0.2) is 0 Å². The van der Waals surface area contributed by atoms with E-state index in [4.69, 9.17) is 8.83 Å². The van der Waals surface area contributed by atoms with Gasteiger partial charge in [0.05, 0.1) is 11.1 Å². The van der Waals surface area contributed by atoms with Crippen LogP contribution in [0, 0.1) is 0 Å². The topological polar surface area (TPSA) is 29.5 Å². The van der Waals surface area contributed by atoms with Crippen LogP contribution >= 0.6 is 11.3 Å². The standard InChI is InChI=1S/C54H33NO2S/c1-2-12-34(13-3-1)39-17-9-21-46-51-47(22-11-24-49(51)57-53(39)46)55(37-30-26-35(27-31-37)40-16-8-19-44-42-14-4-6-23-48(42)56-52(40)44)38-32-28-36(29-33-38)41-18-10-20-45-43-15-5-7-25-50(43)58-54(41)45/h1-33H. The highest BCUT2D eigenvalue weighted by molar-refractivity contribution is 7.26. The summed E-state index contributed by atoms with van der Waals surface area (Å²) in [5, 5.41) is 7.02. The fourth-order valence-electron chi connectivity index (χ4n) is 8.82. The fourth-order valence-corrected chi connectivity index (χ4v) is 10.1. The van der Waals surface area contributed by atoms with Crippen LogP contribution in [0.25, 0.3) is 97.4 Å². The number of hydrogen-bond donors (Lipinski definition) is 0. The van der Waals surface area contributed by atoms with Gasteiger partial charge in [0.2, 0.25) is 0 Å². The van der Waals surface area contributed by atoms with E-state index in [9.17, 15) is 0 Å². The molecule has 0 fully saturated rings. The van der Waals surface area contributed by atoms with E-state index in [0.29, 0.717) is 0 Å². The molecule has 0 aliphatic carbocycles. The molecule has 0 bridgehead atoms. The normalized spacial score (nSPS) is 11.8. The lowest BCUT2D eigenvalue weighted by molar-refractivity contribution is 0.669. The van der Waals surface area contributed by atoms with Crippen molar-refractivity contribution in [3.05, 3.63) is 200 Å². The van der Waals surface area contributed by atoms with Crippen LogP contribution in [0.15, 0.2) is 209 Å². The molecule has 9 aromatic carbocycles. The summed E-state index contributed by atoms with van der Waals surface area (Å²) in [7, 11) is 0. The van der Waals surface area contributed by atoms with Gasteiger partial charge in [-0.3, -0.25) is 0 Å². The zero-order chi connectivity index (χ0) is 38.2. The Kier molecular flexibility index (Phi) is 7.40. The summed E-state index contributed by atoms with van der Waals surface area (Å²) in [6, 6.07) is 71.3. The Bertz CT molecular complexity index is 3340. The predicted molar refractivity (Wildman–Crippen MR) is 245 cm³/mol. The number of nitrogens with zero attached hydrogens (tertiary/aromatic N) is 1. The fraction of sp³-hybridized carbons (Fsp3) is 0. The molecular weight excluding hydrogens is 727 g/mol. The summed E-state index contributed by atoms with van der Waals surface area (Å²) in [5.74, 6) is 0. The summed E-state index contributed by atoms with van der Waals surface area (Å²) >= 11 is 1.86. The van der Waals surface area contributed by atoms with E-state index < -0.39 is 0 Å². The highest BCUT2D eigenvalue weighted by Crippen LogP contribution is 2.46. The number of furan rings is 2. The molecule has 0 atom stereocenters. The molecule has 0 radical (unpaired) electrons. The number of rotatable bonds is 6. The molecule has 0 spiro atoms. The number of thiophene rings is 1. The molecule has 0 unspecified atom stereocenters. The second-order valence-corrected chi connectivity index (χ2v) is 15.8. The lowest BCUT2D eigenvalue weighted by Crippen LogP contribution is -2.10. The Hall–Kier alpha value is -7.40. The molecule has 12 rings (SSSR count). The minimum Gasteiger partial charge on any atom is -0.455 e. The maximum atomic E-state index is 6.75. The zero-order valence-electron chi connectivity index (χ0n) is 31.2. The Balaban J connectivity index is 1.03. The molecule has 3 heterocycles. The highest BCUT2D eigenvalue weighted by atomic mass is 32.1. The van der Waals surface area contributed by atoms with Crippen LogP contribution < -0.4 is 4.90 Å². The number of fused-ring (bicyclic) bond motifs is 9. The summed E-state index contributed by atoms with van der Waals surface area (Å²) < 4.78 is 15.8. The van der Waals surface area contributed by atoms with E-state index in [1.807, 2.05) is 23.5 Å². The monoisotopic (exact) mass is 759 g/mol. The van der Waals surface area contributed by atoms with Crippen molar-refractivity contribution in [1.82, 2.24) is 0 Å². The maximum absolute atomic E-state index is 6.75. The van der Waals surface area contributed by atoms with Crippen molar-refractivity contribution in [2.45, 2.75) is 0 Å².